The van der Waals surface area contributed by atoms with E-state index in [-0.39, 0.29) is 6.04 Å². The van der Waals surface area contributed by atoms with Crippen molar-refractivity contribution in [3.05, 3.63) is 83.0 Å². The van der Waals surface area contributed by atoms with Crippen LogP contribution in [0.2, 0.25) is 0 Å². The third kappa shape index (κ3) is 3.66. The number of aliphatic hydroxyl groups excluding tert-OH is 1. The third-order valence-corrected chi connectivity index (χ3v) is 8.55. The molecule has 0 radical (unpaired) electrons. The zero-order valence-electron chi connectivity index (χ0n) is 18.5. The quantitative estimate of drug-likeness (QED) is 0.356. The molecule has 0 aliphatic carbocycles. The Bertz CT molecular complexity index is 1140. The average molecular weight is 494 g/mol. The van der Waals surface area contributed by atoms with Crippen molar-refractivity contribution in [3.63, 3.8) is 0 Å². The van der Waals surface area contributed by atoms with Crippen molar-refractivity contribution in [1.29, 1.82) is 0 Å². The second-order valence-electron chi connectivity index (χ2n) is 9.35. The number of hydrogen-bond acceptors (Lipinski definition) is 3. The maximum absolute atomic E-state index is 11.8. The van der Waals surface area contributed by atoms with Crippen LogP contribution in [0, 0.1) is 11.8 Å². The van der Waals surface area contributed by atoms with Crippen LogP contribution in [0.3, 0.4) is 0 Å². The molecule has 5 atom stereocenters. The maximum atomic E-state index is 11.8. The highest BCUT2D eigenvalue weighted by molar-refractivity contribution is 9.10. The molecule has 3 aliphatic heterocycles. The minimum absolute atomic E-state index is 0.133. The molecule has 5 heteroatoms. The van der Waals surface area contributed by atoms with Crippen molar-refractivity contribution < 1.29 is 14.3 Å². The number of aliphatic hydroxyl groups is 1. The number of nitrogens with zero attached hydrogens (tertiary/aromatic N) is 2. The molecule has 2 aromatic carbocycles. The standard InChI is InChI=1S/C27H30BrN2O2/c1-3-18-16-30(17-20-14-21(32-2)8-9-24(20)28)13-11-19(18)15-26(30)27(31)23-10-12-29-25-7-5-4-6-22(23)25/h3-10,12,14,18-19,26-27,31H,1,11,13,15-17H2,2H3/q+1/t18-,19-,26-,27+,30?/m0/s1. The number of methoxy groups -OCH3 is 1. The van der Waals surface area contributed by atoms with E-state index in [1.807, 2.05) is 36.5 Å². The number of rotatable bonds is 6. The fourth-order valence-corrected chi connectivity index (χ4v) is 6.47. The monoisotopic (exact) mass is 493 g/mol. The average Bonchev–Trinajstić information content (AvgIpc) is 2.84. The highest BCUT2D eigenvalue weighted by Crippen LogP contribution is 2.48. The van der Waals surface area contributed by atoms with E-state index in [0.29, 0.717) is 11.8 Å². The van der Waals surface area contributed by atoms with Gasteiger partial charge in [0.05, 0.1) is 25.7 Å². The molecule has 1 unspecified atom stereocenters. The van der Waals surface area contributed by atoms with Gasteiger partial charge in [0.2, 0.25) is 0 Å². The Morgan fingerprint density at radius 1 is 1.28 bits per heavy atom. The molecular formula is C27H30BrN2O2+. The van der Waals surface area contributed by atoms with Crippen molar-refractivity contribution in [3.8, 4) is 5.75 Å². The first-order chi connectivity index (χ1) is 15.5. The molecule has 4 nitrogen and oxygen atoms in total. The molecular weight excluding hydrogens is 464 g/mol. The fraction of sp³-hybridized carbons (Fsp3) is 0.370. The van der Waals surface area contributed by atoms with Crippen LogP contribution < -0.4 is 4.74 Å². The van der Waals surface area contributed by atoms with E-state index in [4.69, 9.17) is 4.74 Å². The summed E-state index contributed by atoms with van der Waals surface area (Å²) >= 11 is 3.76. The lowest BCUT2D eigenvalue weighted by Crippen LogP contribution is -2.67. The van der Waals surface area contributed by atoms with Gasteiger partial charge in [-0.3, -0.25) is 4.98 Å². The fourth-order valence-electron chi connectivity index (χ4n) is 6.10. The van der Waals surface area contributed by atoms with E-state index in [2.05, 4.69) is 51.8 Å². The molecule has 0 amide bonds. The van der Waals surface area contributed by atoms with Crippen LogP contribution in [0.4, 0.5) is 0 Å². The normalized spacial score (nSPS) is 27.9. The van der Waals surface area contributed by atoms with Gasteiger partial charge in [-0.1, -0.05) is 40.2 Å². The summed E-state index contributed by atoms with van der Waals surface area (Å²) in [6, 6.07) is 16.4. The predicted octanol–water partition coefficient (Wildman–Crippen LogP) is 5.65. The summed E-state index contributed by atoms with van der Waals surface area (Å²) in [5.74, 6) is 1.95. The number of fused-ring (bicyclic) bond motifs is 4. The van der Waals surface area contributed by atoms with Gasteiger partial charge in [-0.05, 0) is 41.8 Å². The number of piperidine rings is 3. The molecule has 0 saturated carbocycles. The zero-order chi connectivity index (χ0) is 22.3. The minimum Gasteiger partial charge on any atom is -0.497 e. The lowest BCUT2D eigenvalue weighted by molar-refractivity contribution is -0.985. The number of pyridine rings is 1. The van der Waals surface area contributed by atoms with E-state index < -0.39 is 6.10 Å². The van der Waals surface area contributed by atoms with Crippen LogP contribution in [0.5, 0.6) is 5.75 Å². The van der Waals surface area contributed by atoms with Gasteiger partial charge >= 0.3 is 0 Å². The SMILES string of the molecule is C=C[C@H]1C[N+]2(Cc3cc(OC)ccc3Br)CC[C@H]1C[C@H]2[C@H](O)c1ccnc2ccccc12. The summed E-state index contributed by atoms with van der Waals surface area (Å²) in [6.45, 7) is 7.10. The molecule has 3 aromatic rings. The van der Waals surface area contributed by atoms with Gasteiger partial charge in [0.15, 0.2) is 0 Å². The topological polar surface area (TPSA) is 42.4 Å². The molecule has 3 saturated heterocycles. The highest BCUT2D eigenvalue weighted by atomic mass is 79.9. The van der Waals surface area contributed by atoms with E-state index in [0.717, 1.165) is 57.2 Å². The summed E-state index contributed by atoms with van der Waals surface area (Å²) in [5, 5.41) is 12.9. The van der Waals surface area contributed by atoms with Crippen LogP contribution in [-0.2, 0) is 6.54 Å². The Morgan fingerprint density at radius 3 is 2.94 bits per heavy atom. The molecule has 3 fully saturated rings. The van der Waals surface area contributed by atoms with Crippen LogP contribution in [-0.4, -0.2) is 40.8 Å². The molecule has 2 bridgehead atoms. The van der Waals surface area contributed by atoms with E-state index in [9.17, 15) is 5.11 Å². The maximum Gasteiger partial charge on any atom is 0.131 e. The second-order valence-corrected chi connectivity index (χ2v) is 10.2. The lowest BCUT2D eigenvalue weighted by Gasteiger charge is -2.58. The van der Waals surface area contributed by atoms with Crippen LogP contribution in [0.1, 0.15) is 30.1 Å². The van der Waals surface area contributed by atoms with Gasteiger partial charge in [-0.15, -0.1) is 6.58 Å². The van der Waals surface area contributed by atoms with E-state index >= 15 is 0 Å². The van der Waals surface area contributed by atoms with Gasteiger partial charge in [-0.25, -0.2) is 0 Å². The first kappa shape index (κ1) is 21.6. The smallest absolute Gasteiger partial charge is 0.131 e. The van der Waals surface area contributed by atoms with Gasteiger partial charge in [0, 0.05) is 40.4 Å². The summed E-state index contributed by atoms with van der Waals surface area (Å²) in [6.07, 6.45) is 5.62. The predicted molar refractivity (Wildman–Crippen MR) is 131 cm³/mol. The Balaban J connectivity index is 1.57. The number of para-hydroxylation sites is 1. The first-order valence-electron chi connectivity index (χ1n) is 11.4. The number of ether oxygens (including phenoxy) is 1. The molecule has 166 valence electrons. The van der Waals surface area contributed by atoms with Crippen molar-refractivity contribution in [2.24, 2.45) is 11.8 Å². The van der Waals surface area contributed by atoms with Crippen molar-refractivity contribution >= 4 is 26.8 Å². The van der Waals surface area contributed by atoms with Crippen LogP contribution in [0.15, 0.2) is 71.9 Å². The van der Waals surface area contributed by atoms with Crippen LogP contribution in [0.25, 0.3) is 10.9 Å². The molecule has 32 heavy (non-hydrogen) atoms. The van der Waals surface area contributed by atoms with E-state index in [1.165, 1.54) is 12.0 Å². The molecule has 1 N–H and O–H groups in total. The summed E-state index contributed by atoms with van der Waals surface area (Å²) in [4.78, 5) is 4.51. The third-order valence-electron chi connectivity index (χ3n) is 7.78. The number of aromatic nitrogens is 1. The number of quaternary nitrogens is 1. The Kier molecular flexibility index (Phi) is 5.82. The lowest BCUT2D eigenvalue weighted by atomic mass is 9.71. The Morgan fingerprint density at radius 2 is 2.12 bits per heavy atom. The Hall–Kier alpha value is -2.21. The first-order valence-corrected chi connectivity index (χ1v) is 12.2. The second kappa shape index (κ2) is 8.62. The zero-order valence-corrected chi connectivity index (χ0v) is 20.0. The molecule has 6 rings (SSSR count). The summed E-state index contributed by atoms with van der Waals surface area (Å²) < 4.78 is 7.47. The van der Waals surface area contributed by atoms with Gasteiger partial charge in [0.1, 0.15) is 24.4 Å². The number of hydrogen-bond donors (Lipinski definition) is 1. The summed E-state index contributed by atoms with van der Waals surface area (Å²) in [7, 11) is 1.71. The Labute approximate surface area is 198 Å². The van der Waals surface area contributed by atoms with Gasteiger partial charge in [-0.2, -0.15) is 0 Å². The molecule has 4 heterocycles. The summed E-state index contributed by atoms with van der Waals surface area (Å²) in [5.41, 5.74) is 3.15. The van der Waals surface area contributed by atoms with E-state index in [1.54, 1.807) is 7.11 Å². The van der Waals surface area contributed by atoms with Gasteiger partial charge < -0.3 is 14.3 Å². The number of halogens is 1. The van der Waals surface area contributed by atoms with Crippen molar-refractivity contribution in [1.82, 2.24) is 4.98 Å². The molecule has 3 aliphatic rings. The molecule has 1 aromatic heterocycles. The number of benzene rings is 2. The molecule has 0 spiro atoms. The van der Waals surface area contributed by atoms with Crippen molar-refractivity contribution in [2.75, 3.05) is 20.2 Å². The van der Waals surface area contributed by atoms with Gasteiger partial charge in [0.25, 0.3) is 0 Å². The largest absolute Gasteiger partial charge is 0.497 e. The highest BCUT2D eigenvalue weighted by Gasteiger charge is 2.54. The van der Waals surface area contributed by atoms with Crippen molar-refractivity contribution in [2.45, 2.75) is 31.5 Å². The van der Waals surface area contributed by atoms with Crippen LogP contribution >= 0.6 is 15.9 Å². The minimum atomic E-state index is -0.541.